The van der Waals surface area contributed by atoms with Crippen molar-refractivity contribution < 1.29 is 0 Å². The minimum Gasteiger partial charge on any atom is -0.309 e. The zero-order valence-corrected chi connectivity index (χ0v) is 67.0. The van der Waals surface area contributed by atoms with E-state index in [0.29, 0.717) is 0 Å². The molecule has 0 aliphatic carbocycles. The van der Waals surface area contributed by atoms with Crippen LogP contribution in [0.15, 0.2) is 425 Å². The molecule has 0 bridgehead atoms. The Kier molecular flexibility index (Phi) is 15.3. The van der Waals surface area contributed by atoms with Crippen LogP contribution >= 0.6 is 0 Å². The Morgan fingerprint density at radius 3 is 0.855 bits per heavy atom. The molecule has 27 aromatic rings. The molecule has 0 amide bonds. The van der Waals surface area contributed by atoms with Gasteiger partial charge in [0.1, 0.15) is 0 Å². The van der Waals surface area contributed by atoms with Crippen LogP contribution in [0.5, 0.6) is 0 Å². The van der Waals surface area contributed by atoms with Crippen molar-refractivity contribution >= 4 is 185 Å². The highest BCUT2D eigenvalue weighted by Gasteiger charge is 2.24. The molecule has 574 valence electrons. The topological polar surface area (TPSA) is 71.3 Å². The third kappa shape index (κ3) is 11.0. The Bertz CT molecular complexity index is 9220. The van der Waals surface area contributed by atoms with Crippen molar-refractivity contribution in [2.45, 2.75) is 0 Å². The van der Waals surface area contributed by atoms with E-state index in [9.17, 15) is 0 Å². The number of benzene rings is 21. The second kappa shape index (κ2) is 27.4. The first kappa shape index (κ1) is 69.3. The predicted molar refractivity (Wildman–Crippen MR) is 521 cm³/mol. The van der Waals surface area contributed by atoms with E-state index in [-0.39, 0.29) is 0 Å². The molecule has 6 aromatic heterocycles. The van der Waals surface area contributed by atoms with Gasteiger partial charge in [0, 0.05) is 98.9 Å². The number of fused-ring (bicyclic) bond motifs is 23. The van der Waals surface area contributed by atoms with Gasteiger partial charge in [-0.25, -0.2) is 19.9 Å². The second-order valence-corrected chi connectivity index (χ2v) is 32.8. The number of nitrogens with zero attached hydrogens (tertiary/aromatic N) is 8. The third-order valence-electron chi connectivity index (χ3n) is 25.8. The molecule has 0 fully saturated rings. The van der Waals surface area contributed by atoms with Crippen LogP contribution < -0.4 is 0 Å². The van der Waals surface area contributed by atoms with Crippen molar-refractivity contribution in [1.82, 2.24) is 38.2 Å². The van der Waals surface area contributed by atoms with E-state index >= 15 is 0 Å². The van der Waals surface area contributed by atoms with Crippen molar-refractivity contribution in [2.24, 2.45) is 0 Å². The molecular weight excluding hydrogens is 1510 g/mol. The van der Waals surface area contributed by atoms with Crippen LogP contribution in [-0.4, -0.2) is 38.2 Å². The SMILES string of the molecule is c1ccc(-c2nc3ccccc3nc2-c2ccc3cc(-n4c5ccc(-n6c7ccccc7c7ccc8ccccc8c76)cc5c5cc6ccccc6cc54)ccc3c2)cc1.c1ccc2cc(-c3nc4ccccc4nc3-c3ccc4cc(-n5c6ccc(-n7c8ccccc8c8ccc9ccccc9c87)cc6c6cc7ccccc7cc65)ccc4c3)ccc2c1. The number of hydrogen-bond acceptors (Lipinski definition) is 4. The second-order valence-electron chi connectivity index (χ2n) is 32.8. The van der Waals surface area contributed by atoms with E-state index in [1.165, 1.54) is 141 Å². The molecule has 27 rings (SSSR count). The van der Waals surface area contributed by atoms with Gasteiger partial charge in [-0.15, -0.1) is 0 Å². The van der Waals surface area contributed by atoms with Gasteiger partial charge in [-0.05, 0) is 204 Å². The summed E-state index contributed by atoms with van der Waals surface area (Å²) in [4.78, 5) is 20.8. The highest BCUT2D eigenvalue weighted by atomic mass is 15.0. The fourth-order valence-electron chi connectivity index (χ4n) is 20.0. The Balaban J connectivity index is 0.000000133. The van der Waals surface area contributed by atoms with Crippen molar-refractivity contribution in [2.75, 3.05) is 0 Å². The number of para-hydroxylation sites is 6. The molecule has 6 heterocycles. The summed E-state index contributed by atoms with van der Waals surface area (Å²) in [7, 11) is 0. The van der Waals surface area contributed by atoms with Crippen LogP contribution in [0.2, 0.25) is 0 Å². The lowest BCUT2D eigenvalue weighted by atomic mass is 9.98. The molecule has 0 radical (unpaired) electrons. The van der Waals surface area contributed by atoms with Crippen molar-refractivity contribution in [3.05, 3.63) is 425 Å². The maximum atomic E-state index is 5.27. The lowest BCUT2D eigenvalue weighted by Gasteiger charge is -2.13. The molecule has 0 saturated carbocycles. The average Bonchev–Trinajstić information content (AvgIpc) is 1.61. The molecule has 0 atom stereocenters. The van der Waals surface area contributed by atoms with Gasteiger partial charge < -0.3 is 18.3 Å². The lowest BCUT2D eigenvalue weighted by molar-refractivity contribution is 1.17. The van der Waals surface area contributed by atoms with Gasteiger partial charge in [0.05, 0.1) is 89.0 Å². The van der Waals surface area contributed by atoms with Gasteiger partial charge >= 0.3 is 0 Å². The summed E-state index contributed by atoms with van der Waals surface area (Å²) in [5, 5.41) is 26.8. The van der Waals surface area contributed by atoms with E-state index in [1.807, 2.05) is 54.6 Å². The van der Waals surface area contributed by atoms with Crippen LogP contribution in [-0.2, 0) is 0 Å². The van der Waals surface area contributed by atoms with E-state index in [0.717, 1.165) is 111 Å². The summed E-state index contributed by atoms with van der Waals surface area (Å²) in [6.45, 7) is 0. The fourth-order valence-corrected chi connectivity index (χ4v) is 20.0. The van der Waals surface area contributed by atoms with Crippen molar-refractivity contribution in [3.63, 3.8) is 0 Å². The molecule has 124 heavy (non-hydrogen) atoms. The quantitative estimate of drug-likeness (QED) is 0.152. The minimum absolute atomic E-state index is 0.876. The van der Waals surface area contributed by atoms with Gasteiger partial charge in [0.2, 0.25) is 0 Å². The standard InChI is InChI=1S/C60H36N4.C56H34N4/c1-2-13-39-31-44(23-21-37(39)11-1)58-59(62-54-19-9-8-18-53(54)61-58)45-24-22-43-33-46(27-25-42(43)32-45)63-56-30-28-47(36-52(56)51-34-40-14-3-4-15-41(40)35-57(51)63)64-55-20-10-7-17-49(55)50-29-26-38-12-5-6-16-48(38)60(50)64;1-2-13-36(14-3-1)54-55(58-50-20-10-9-19-49(50)57-54)41-23-22-40-31-42(26-24-39(40)30-41)59-52-29-27-43(34-48(52)47-32-37-15-4-5-16-38(37)33-53(47)59)60-51-21-11-8-18-45(51)46-28-25-35-12-6-7-17-44(35)56(46)60/h1-36H;1-34H. The van der Waals surface area contributed by atoms with Crippen LogP contribution in [0.1, 0.15) is 0 Å². The van der Waals surface area contributed by atoms with Crippen molar-refractivity contribution in [3.8, 4) is 67.8 Å². The number of hydrogen-bond donors (Lipinski definition) is 0. The Labute approximate surface area is 710 Å². The van der Waals surface area contributed by atoms with Crippen LogP contribution in [0.3, 0.4) is 0 Å². The van der Waals surface area contributed by atoms with Gasteiger partial charge in [-0.3, -0.25) is 0 Å². The summed E-state index contributed by atoms with van der Waals surface area (Å²) in [6.07, 6.45) is 0. The lowest BCUT2D eigenvalue weighted by Crippen LogP contribution is -1.97. The highest BCUT2D eigenvalue weighted by Crippen LogP contribution is 2.46. The molecule has 0 unspecified atom stereocenters. The maximum absolute atomic E-state index is 5.27. The number of rotatable bonds is 8. The van der Waals surface area contributed by atoms with Crippen LogP contribution in [0.4, 0.5) is 0 Å². The zero-order chi connectivity index (χ0) is 81.2. The first-order valence-electron chi connectivity index (χ1n) is 42.4. The predicted octanol–water partition coefficient (Wildman–Crippen LogP) is 30.4. The molecule has 0 N–H and O–H groups in total. The third-order valence-corrected chi connectivity index (χ3v) is 25.8. The van der Waals surface area contributed by atoms with E-state index in [2.05, 4.69) is 388 Å². The van der Waals surface area contributed by atoms with E-state index in [1.54, 1.807) is 0 Å². The van der Waals surface area contributed by atoms with E-state index < -0.39 is 0 Å². The zero-order valence-electron chi connectivity index (χ0n) is 67.0. The molecule has 0 saturated heterocycles. The van der Waals surface area contributed by atoms with Crippen LogP contribution in [0.25, 0.3) is 252 Å². The first-order chi connectivity index (χ1) is 61.4. The summed E-state index contributed by atoms with van der Waals surface area (Å²) in [5.74, 6) is 0. The first-order valence-corrected chi connectivity index (χ1v) is 42.4. The summed E-state index contributed by atoms with van der Waals surface area (Å²) >= 11 is 0. The molecule has 0 spiro atoms. The normalized spacial score (nSPS) is 12.0. The van der Waals surface area contributed by atoms with Gasteiger partial charge in [-0.1, -0.05) is 285 Å². The van der Waals surface area contributed by atoms with Gasteiger partial charge in [-0.2, -0.15) is 0 Å². The fraction of sp³-hybridized carbons (Fsp3) is 0. The Morgan fingerprint density at radius 2 is 0.419 bits per heavy atom. The number of aromatic nitrogens is 8. The van der Waals surface area contributed by atoms with Crippen LogP contribution in [0, 0.1) is 0 Å². The minimum atomic E-state index is 0.876. The average molecular weight is 1580 g/mol. The molecule has 21 aromatic carbocycles. The monoisotopic (exact) mass is 1570 g/mol. The van der Waals surface area contributed by atoms with Gasteiger partial charge in [0.15, 0.2) is 0 Å². The molecule has 0 aliphatic rings. The molecule has 8 heteroatoms. The molecule has 8 nitrogen and oxygen atoms in total. The summed E-state index contributed by atoms with van der Waals surface area (Å²) in [6, 6.07) is 154. The highest BCUT2D eigenvalue weighted by molar-refractivity contribution is 6.22. The molecule has 0 aliphatic heterocycles. The summed E-state index contributed by atoms with van der Waals surface area (Å²) in [5.41, 5.74) is 25.4. The largest absolute Gasteiger partial charge is 0.309 e. The Morgan fingerprint density at radius 1 is 0.137 bits per heavy atom. The smallest absolute Gasteiger partial charge is 0.0973 e. The summed E-state index contributed by atoms with van der Waals surface area (Å²) < 4.78 is 9.82. The van der Waals surface area contributed by atoms with E-state index in [4.69, 9.17) is 19.9 Å². The maximum Gasteiger partial charge on any atom is 0.0973 e. The van der Waals surface area contributed by atoms with Gasteiger partial charge in [0.25, 0.3) is 0 Å². The Hall–Kier alpha value is -16.7. The van der Waals surface area contributed by atoms with Crippen molar-refractivity contribution in [1.29, 1.82) is 0 Å². The molecular formula is C116H70N8.